The van der Waals surface area contributed by atoms with Gasteiger partial charge in [0.1, 0.15) is 0 Å². The van der Waals surface area contributed by atoms with Crippen molar-refractivity contribution in [3.8, 4) is 0 Å². The van der Waals surface area contributed by atoms with Crippen molar-refractivity contribution in [3.05, 3.63) is 0 Å². The van der Waals surface area contributed by atoms with Crippen LogP contribution in [0.1, 0.15) is 240 Å². The molecule has 0 aliphatic carbocycles. The third kappa shape index (κ3) is 34.1. The van der Waals surface area contributed by atoms with E-state index in [0.717, 1.165) is 11.8 Å². The first-order valence-electron chi connectivity index (χ1n) is 19.2. The van der Waals surface area contributed by atoms with E-state index < -0.39 is 0 Å². The van der Waals surface area contributed by atoms with Crippen molar-refractivity contribution in [1.29, 1.82) is 0 Å². The van der Waals surface area contributed by atoms with Gasteiger partial charge in [-0.1, -0.05) is 240 Å². The summed E-state index contributed by atoms with van der Waals surface area (Å²) in [6, 6.07) is 0. The predicted octanol–water partition coefficient (Wildman–Crippen LogP) is 15.2. The zero-order valence-corrected chi connectivity index (χ0v) is 28.5. The Morgan fingerprint density at radius 3 is 0.641 bits per heavy atom. The molecule has 0 aromatic carbocycles. The van der Waals surface area contributed by atoms with Crippen LogP contribution in [0.5, 0.6) is 0 Å². The van der Waals surface area contributed by atoms with Gasteiger partial charge in [0, 0.05) is 0 Å². The van der Waals surface area contributed by atoms with Gasteiger partial charge >= 0.3 is 0 Å². The minimum Gasteiger partial charge on any atom is -0.0654 e. The minimum atomic E-state index is 0.954. The van der Waals surface area contributed by atoms with Gasteiger partial charge in [0.15, 0.2) is 0 Å². The summed E-state index contributed by atoms with van der Waals surface area (Å²) in [4.78, 5) is 0. The maximum atomic E-state index is 2.51. The first kappa shape index (κ1) is 39.0. The summed E-state index contributed by atoms with van der Waals surface area (Å²) in [6.45, 7) is 9.65. The van der Waals surface area contributed by atoms with Crippen LogP contribution in [0.15, 0.2) is 0 Å². The van der Waals surface area contributed by atoms with Crippen LogP contribution in [0.3, 0.4) is 0 Å². The van der Waals surface area contributed by atoms with Gasteiger partial charge in [-0.2, -0.15) is 0 Å². The SMILES string of the molecule is CCCCCCCCCCCCCCCCCC[C@H](C)CCC[C@H](C)CCCCCCCCCCCCCC. The molecule has 0 heteroatoms. The van der Waals surface area contributed by atoms with Gasteiger partial charge in [0.2, 0.25) is 0 Å². The average Bonchev–Trinajstić information content (AvgIpc) is 2.93. The molecule has 0 fully saturated rings. The van der Waals surface area contributed by atoms with Crippen LogP contribution in [0.2, 0.25) is 0 Å². The molecule has 0 bridgehead atoms. The van der Waals surface area contributed by atoms with Crippen LogP contribution >= 0.6 is 0 Å². The lowest BCUT2D eigenvalue weighted by Crippen LogP contribution is -1.99. The van der Waals surface area contributed by atoms with Crippen LogP contribution in [0.4, 0.5) is 0 Å². The maximum absolute atomic E-state index is 2.51. The molecular formula is C39H80. The molecule has 0 saturated heterocycles. The molecule has 0 aromatic heterocycles. The lowest BCUT2D eigenvalue weighted by atomic mass is 9.92. The zero-order valence-electron chi connectivity index (χ0n) is 28.5. The molecule has 0 aliphatic heterocycles. The van der Waals surface area contributed by atoms with Gasteiger partial charge in [-0.25, -0.2) is 0 Å². The van der Waals surface area contributed by atoms with Crippen LogP contribution in [0, 0.1) is 11.8 Å². The van der Waals surface area contributed by atoms with Crippen molar-refractivity contribution >= 4 is 0 Å². The first-order valence-corrected chi connectivity index (χ1v) is 19.2. The molecule has 0 spiro atoms. The van der Waals surface area contributed by atoms with E-state index in [-0.39, 0.29) is 0 Å². The van der Waals surface area contributed by atoms with E-state index >= 15 is 0 Å². The molecule has 0 nitrogen and oxygen atoms in total. The summed E-state index contributed by atoms with van der Waals surface area (Å²) in [7, 11) is 0. The van der Waals surface area contributed by atoms with Crippen molar-refractivity contribution in [2.45, 2.75) is 240 Å². The van der Waals surface area contributed by atoms with Gasteiger partial charge in [0.05, 0.1) is 0 Å². The Morgan fingerprint density at radius 2 is 0.410 bits per heavy atom. The lowest BCUT2D eigenvalue weighted by molar-refractivity contribution is 0.390. The molecule has 0 rings (SSSR count). The second-order valence-corrected chi connectivity index (χ2v) is 13.9. The summed E-state index contributed by atoms with van der Waals surface area (Å²) in [6.07, 6.45) is 48.6. The maximum Gasteiger partial charge on any atom is -0.0443 e. The van der Waals surface area contributed by atoms with E-state index in [0.29, 0.717) is 0 Å². The van der Waals surface area contributed by atoms with E-state index in [9.17, 15) is 0 Å². The molecular weight excluding hydrogens is 468 g/mol. The fourth-order valence-corrected chi connectivity index (χ4v) is 6.48. The highest BCUT2D eigenvalue weighted by molar-refractivity contribution is 4.60. The molecule has 0 aromatic rings. The third-order valence-corrected chi connectivity index (χ3v) is 9.49. The minimum absolute atomic E-state index is 0.954. The van der Waals surface area contributed by atoms with Gasteiger partial charge < -0.3 is 0 Å². The Balaban J connectivity index is 3.25. The van der Waals surface area contributed by atoms with Crippen LogP contribution in [-0.4, -0.2) is 0 Å². The highest BCUT2D eigenvalue weighted by Gasteiger charge is 2.06. The Kier molecular flexibility index (Phi) is 34.2. The first-order chi connectivity index (χ1) is 19.2. The number of hydrogen-bond donors (Lipinski definition) is 0. The van der Waals surface area contributed by atoms with Crippen molar-refractivity contribution in [2.24, 2.45) is 11.8 Å². The highest BCUT2D eigenvalue weighted by atomic mass is 14.1. The summed E-state index contributed by atoms with van der Waals surface area (Å²) in [5.74, 6) is 1.91. The highest BCUT2D eigenvalue weighted by Crippen LogP contribution is 2.22. The average molecular weight is 549 g/mol. The molecule has 236 valence electrons. The smallest absolute Gasteiger partial charge is 0.0443 e. The predicted molar refractivity (Wildman–Crippen MR) is 182 cm³/mol. The summed E-state index contributed by atoms with van der Waals surface area (Å²) in [5.41, 5.74) is 0. The second-order valence-electron chi connectivity index (χ2n) is 13.9. The zero-order chi connectivity index (χ0) is 28.5. The van der Waals surface area contributed by atoms with Crippen molar-refractivity contribution in [2.75, 3.05) is 0 Å². The number of rotatable bonds is 34. The van der Waals surface area contributed by atoms with Crippen LogP contribution in [0.25, 0.3) is 0 Å². The molecule has 0 amide bonds. The largest absolute Gasteiger partial charge is 0.0654 e. The van der Waals surface area contributed by atoms with E-state index in [4.69, 9.17) is 0 Å². The third-order valence-electron chi connectivity index (χ3n) is 9.49. The molecule has 2 atom stereocenters. The fraction of sp³-hybridized carbons (Fsp3) is 1.00. The molecule has 0 saturated carbocycles. The Morgan fingerprint density at radius 1 is 0.231 bits per heavy atom. The Labute approximate surface area is 251 Å². The molecule has 0 unspecified atom stereocenters. The standard InChI is InChI=1S/C39H80/c1-5-7-9-11-13-15-17-19-20-21-22-24-26-28-30-32-35-39(4)37-33-36-38(3)34-31-29-27-25-23-18-16-14-12-10-8-6-2/h38-39H,5-37H2,1-4H3/t38-,39+/m1/s1. The van der Waals surface area contributed by atoms with Crippen molar-refractivity contribution in [1.82, 2.24) is 0 Å². The van der Waals surface area contributed by atoms with E-state index in [2.05, 4.69) is 27.7 Å². The second kappa shape index (κ2) is 34.2. The van der Waals surface area contributed by atoms with Gasteiger partial charge in [-0.15, -0.1) is 0 Å². The van der Waals surface area contributed by atoms with Gasteiger partial charge in [-0.3, -0.25) is 0 Å². The normalized spacial score (nSPS) is 13.2. The summed E-state index contributed by atoms with van der Waals surface area (Å²) < 4.78 is 0. The topological polar surface area (TPSA) is 0 Å². The lowest BCUT2D eigenvalue weighted by Gasteiger charge is -2.14. The van der Waals surface area contributed by atoms with Crippen molar-refractivity contribution < 1.29 is 0 Å². The molecule has 0 N–H and O–H groups in total. The van der Waals surface area contributed by atoms with E-state index in [1.54, 1.807) is 0 Å². The van der Waals surface area contributed by atoms with Gasteiger partial charge in [0.25, 0.3) is 0 Å². The summed E-state index contributed by atoms with van der Waals surface area (Å²) >= 11 is 0. The number of hydrogen-bond acceptors (Lipinski definition) is 0. The monoisotopic (exact) mass is 549 g/mol. The number of unbranched alkanes of at least 4 members (excludes halogenated alkanes) is 26. The van der Waals surface area contributed by atoms with E-state index in [1.807, 2.05) is 0 Å². The Bertz CT molecular complexity index is 412. The van der Waals surface area contributed by atoms with E-state index in [1.165, 1.54) is 212 Å². The van der Waals surface area contributed by atoms with Crippen LogP contribution < -0.4 is 0 Å². The van der Waals surface area contributed by atoms with Crippen molar-refractivity contribution in [3.63, 3.8) is 0 Å². The Hall–Kier alpha value is 0. The molecule has 39 heavy (non-hydrogen) atoms. The quantitative estimate of drug-likeness (QED) is 0.0701. The molecule has 0 aliphatic rings. The van der Waals surface area contributed by atoms with Gasteiger partial charge in [-0.05, 0) is 11.8 Å². The summed E-state index contributed by atoms with van der Waals surface area (Å²) in [5, 5.41) is 0. The molecule has 0 radical (unpaired) electrons. The fourth-order valence-electron chi connectivity index (χ4n) is 6.48. The molecule has 0 heterocycles. The van der Waals surface area contributed by atoms with Crippen LogP contribution in [-0.2, 0) is 0 Å².